The molecule has 1 rings (SSSR count). The first kappa shape index (κ1) is 17.2. The summed E-state index contributed by atoms with van der Waals surface area (Å²) in [5, 5.41) is 3.95. The van der Waals surface area contributed by atoms with Gasteiger partial charge in [0.2, 0.25) is 0 Å². The summed E-state index contributed by atoms with van der Waals surface area (Å²) >= 11 is 6.15. The minimum Gasteiger partial charge on any atom is -0.385 e. The lowest BCUT2D eigenvalue weighted by atomic mass is 10.1. The molecule has 20 heavy (non-hydrogen) atoms. The molecular formula is C15H25ClN2O2. The number of nitrogens with one attached hydrogen (secondary N) is 1. The second-order valence-corrected chi connectivity index (χ2v) is 5.07. The van der Waals surface area contributed by atoms with E-state index in [9.17, 15) is 0 Å². The van der Waals surface area contributed by atoms with Crippen molar-refractivity contribution in [1.29, 1.82) is 0 Å². The predicted octanol–water partition coefficient (Wildman–Crippen LogP) is 2.55. The number of anilines is 1. The quantitative estimate of drug-likeness (QED) is 0.673. The molecule has 0 atom stereocenters. The summed E-state index contributed by atoms with van der Waals surface area (Å²) in [4.78, 5) is 2.31. The van der Waals surface area contributed by atoms with Gasteiger partial charge in [0.1, 0.15) is 0 Å². The van der Waals surface area contributed by atoms with Gasteiger partial charge >= 0.3 is 0 Å². The summed E-state index contributed by atoms with van der Waals surface area (Å²) in [5.41, 5.74) is 2.41. The fraction of sp³-hybridized carbons (Fsp3) is 0.600. The Morgan fingerprint density at radius 2 is 1.90 bits per heavy atom. The van der Waals surface area contributed by atoms with Crippen LogP contribution in [0.1, 0.15) is 12.0 Å². The molecule has 0 radical (unpaired) electrons. The van der Waals surface area contributed by atoms with Crippen LogP contribution in [-0.4, -0.2) is 47.6 Å². The summed E-state index contributed by atoms with van der Waals surface area (Å²) in [5.74, 6) is 0. The van der Waals surface area contributed by atoms with Gasteiger partial charge in [-0.25, -0.2) is 0 Å². The van der Waals surface area contributed by atoms with E-state index in [1.165, 1.54) is 11.3 Å². The molecule has 0 saturated heterocycles. The highest BCUT2D eigenvalue weighted by atomic mass is 35.5. The maximum Gasteiger partial charge on any atom is 0.0637 e. The van der Waals surface area contributed by atoms with Crippen molar-refractivity contribution in [3.05, 3.63) is 28.8 Å². The van der Waals surface area contributed by atoms with Crippen molar-refractivity contribution in [3.63, 3.8) is 0 Å². The molecule has 0 saturated carbocycles. The molecule has 4 nitrogen and oxygen atoms in total. The standard InChI is InChI=1S/C15H25ClN2O2/c1-17-12-13-5-6-14(16)11-15(13)18(8-10-20-3)7-4-9-19-2/h5-6,11,17H,4,7-10,12H2,1-3H3. The summed E-state index contributed by atoms with van der Waals surface area (Å²) in [6, 6.07) is 6.03. The topological polar surface area (TPSA) is 33.7 Å². The number of nitrogens with zero attached hydrogens (tertiary/aromatic N) is 1. The number of benzene rings is 1. The molecule has 0 fully saturated rings. The minimum atomic E-state index is 0.693. The molecule has 0 unspecified atom stereocenters. The van der Waals surface area contributed by atoms with Crippen molar-refractivity contribution in [1.82, 2.24) is 5.32 Å². The van der Waals surface area contributed by atoms with E-state index in [1.54, 1.807) is 14.2 Å². The Hall–Kier alpha value is -0.810. The van der Waals surface area contributed by atoms with Gasteiger partial charge < -0.3 is 19.7 Å². The molecule has 0 aliphatic rings. The van der Waals surface area contributed by atoms with Gasteiger partial charge in [0.15, 0.2) is 0 Å². The van der Waals surface area contributed by atoms with Crippen LogP contribution < -0.4 is 10.2 Å². The summed E-state index contributed by atoms with van der Waals surface area (Å²) in [6.45, 7) is 4.04. The van der Waals surface area contributed by atoms with Crippen LogP contribution >= 0.6 is 11.6 Å². The largest absolute Gasteiger partial charge is 0.385 e. The zero-order valence-corrected chi connectivity index (χ0v) is 13.4. The van der Waals surface area contributed by atoms with Gasteiger partial charge in [0.25, 0.3) is 0 Å². The molecule has 0 bridgehead atoms. The van der Waals surface area contributed by atoms with Gasteiger partial charge in [0, 0.05) is 51.2 Å². The lowest BCUT2D eigenvalue weighted by Gasteiger charge is -2.27. The van der Waals surface area contributed by atoms with Crippen LogP contribution in [0.2, 0.25) is 5.02 Å². The molecule has 1 aromatic carbocycles. The second kappa shape index (κ2) is 10.00. The fourth-order valence-corrected chi connectivity index (χ4v) is 2.29. The van der Waals surface area contributed by atoms with Crippen molar-refractivity contribution in [3.8, 4) is 0 Å². The Bertz CT molecular complexity index is 388. The summed E-state index contributed by atoms with van der Waals surface area (Å²) in [6.07, 6.45) is 0.978. The molecule has 1 aromatic rings. The maximum absolute atomic E-state index is 6.15. The SMILES string of the molecule is CNCc1ccc(Cl)cc1N(CCCOC)CCOC. The van der Waals surface area contributed by atoms with E-state index in [-0.39, 0.29) is 0 Å². The smallest absolute Gasteiger partial charge is 0.0637 e. The molecule has 1 N–H and O–H groups in total. The van der Waals surface area contributed by atoms with E-state index < -0.39 is 0 Å². The van der Waals surface area contributed by atoms with Gasteiger partial charge in [-0.15, -0.1) is 0 Å². The lowest BCUT2D eigenvalue weighted by molar-refractivity contribution is 0.191. The van der Waals surface area contributed by atoms with E-state index in [0.29, 0.717) is 6.61 Å². The highest BCUT2D eigenvalue weighted by Gasteiger charge is 2.11. The van der Waals surface area contributed by atoms with Crippen molar-refractivity contribution in [2.45, 2.75) is 13.0 Å². The van der Waals surface area contributed by atoms with Gasteiger partial charge in [-0.2, -0.15) is 0 Å². The number of hydrogen-bond acceptors (Lipinski definition) is 4. The second-order valence-electron chi connectivity index (χ2n) is 4.63. The third-order valence-electron chi connectivity index (χ3n) is 3.10. The Balaban J connectivity index is 2.88. The average Bonchev–Trinajstić information content (AvgIpc) is 2.45. The Morgan fingerprint density at radius 3 is 2.55 bits per heavy atom. The molecular weight excluding hydrogens is 276 g/mol. The Labute approximate surface area is 127 Å². The average molecular weight is 301 g/mol. The molecule has 0 aromatic heterocycles. The van der Waals surface area contributed by atoms with Crippen molar-refractivity contribution in [2.75, 3.05) is 52.5 Å². The van der Waals surface area contributed by atoms with Crippen LogP contribution in [-0.2, 0) is 16.0 Å². The first-order chi connectivity index (χ1) is 9.72. The third kappa shape index (κ3) is 5.67. The van der Waals surface area contributed by atoms with Gasteiger partial charge in [0.05, 0.1) is 6.61 Å². The molecule has 0 aliphatic heterocycles. The summed E-state index contributed by atoms with van der Waals surface area (Å²) in [7, 11) is 5.40. The first-order valence-corrected chi connectivity index (χ1v) is 7.26. The molecule has 0 aliphatic carbocycles. The van der Waals surface area contributed by atoms with E-state index in [2.05, 4.69) is 16.3 Å². The van der Waals surface area contributed by atoms with E-state index in [1.807, 2.05) is 19.2 Å². The first-order valence-electron chi connectivity index (χ1n) is 6.88. The highest BCUT2D eigenvalue weighted by Crippen LogP contribution is 2.25. The van der Waals surface area contributed by atoms with Crippen LogP contribution in [0, 0.1) is 0 Å². The molecule has 5 heteroatoms. The monoisotopic (exact) mass is 300 g/mol. The van der Waals surface area contributed by atoms with Gasteiger partial charge in [-0.3, -0.25) is 0 Å². The van der Waals surface area contributed by atoms with Crippen LogP contribution in [0.3, 0.4) is 0 Å². The number of ether oxygens (including phenoxy) is 2. The zero-order valence-electron chi connectivity index (χ0n) is 12.6. The number of methoxy groups -OCH3 is 2. The van der Waals surface area contributed by atoms with Crippen molar-refractivity contribution < 1.29 is 9.47 Å². The number of halogens is 1. The molecule has 0 heterocycles. The van der Waals surface area contributed by atoms with Crippen LogP contribution in [0.5, 0.6) is 0 Å². The van der Waals surface area contributed by atoms with Crippen molar-refractivity contribution in [2.24, 2.45) is 0 Å². The zero-order chi connectivity index (χ0) is 14.8. The number of hydrogen-bond donors (Lipinski definition) is 1. The van der Waals surface area contributed by atoms with Gasteiger partial charge in [-0.05, 0) is 31.2 Å². The predicted molar refractivity (Wildman–Crippen MR) is 84.8 cm³/mol. The van der Waals surface area contributed by atoms with Crippen LogP contribution in [0.15, 0.2) is 18.2 Å². The van der Waals surface area contributed by atoms with E-state index >= 15 is 0 Å². The minimum absolute atomic E-state index is 0.693. The van der Waals surface area contributed by atoms with Crippen molar-refractivity contribution >= 4 is 17.3 Å². The van der Waals surface area contributed by atoms with E-state index in [4.69, 9.17) is 21.1 Å². The third-order valence-corrected chi connectivity index (χ3v) is 3.33. The highest BCUT2D eigenvalue weighted by molar-refractivity contribution is 6.30. The number of rotatable bonds is 10. The fourth-order valence-electron chi connectivity index (χ4n) is 2.13. The van der Waals surface area contributed by atoms with Crippen LogP contribution in [0.25, 0.3) is 0 Å². The Morgan fingerprint density at radius 1 is 1.15 bits per heavy atom. The van der Waals surface area contributed by atoms with Gasteiger partial charge in [-0.1, -0.05) is 17.7 Å². The molecule has 0 amide bonds. The Kier molecular flexibility index (Phi) is 8.62. The van der Waals surface area contributed by atoms with E-state index in [0.717, 1.165) is 37.7 Å². The van der Waals surface area contributed by atoms with Crippen LogP contribution in [0.4, 0.5) is 5.69 Å². The summed E-state index contributed by atoms with van der Waals surface area (Å²) < 4.78 is 10.3. The molecule has 114 valence electrons. The normalized spacial score (nSPS) is 10.8. The molecule has 0 spiro atoms. The maximum atomic E-state index is 6.15. The lowest BCUT2D eigenvalue weighted by Crippen LogP contribution is -2.30.